The van der Waals surface area contributed by atoms with Crippen molar-refractivity contribution >= 4 is 29.3 Å². The largest absolute Gasteiger partial charge is 0.353 e. The van der Waals surface area contributed by atoms with Gasteiger partial charge in [0, 0.05) is 49.2 Å². The number of piperidine rings is 1. The van der Waals surface area contributed by atoms with Crippen molar-refractivity contribution in [2.75, 3.05) is 19.6 Å². The van der Waals surface area contributed by atoms with Crippen LogP contribution in [0.5, 0.6) is 0 Å². The van der Waals surface area contributed by atoms with Crippen molar-refractivity contribution in [2.45, 2.75) is 31.8 Å². The average molecular weight is 440 g/mol. The van der Waals surface area contributed by atoms with Crippen molar-refractivity contribution < 1.29 is 14.4 Å². The topological polar surface area (TPSA) is 69.7 Å². The Morgan fingerprint density at radius 2 is 1.68 bits per heavy atom. The number of nitrogens with one attached hydrogen (secondary N) is 1. The van der Waals surface area contributed by atoms with Gasteiger partial charge in [-0.1, -0.05) is 41.9 Å². The number of carbonyl (C=O) groups excluding carboxylic acids is 3. The van der Waals surface area contributed by atoms with E-state index in [0.717, 1.165) is 5.56 Å². The van der Waals surface area contributed by atoms with Crippen molar-refractivity contribution in [1.29, 1.82) is 0 Å². The fourth-order valence-electron chi connectivity index (χ4n) is 4.23. The molecule has 0 bridgehead atoms. The van der Waals surface area contributed by atoms with Gasteiger partial charge in [0.25, 0.3) is 5.91 Å². The van der Waals surface area contributed by atoms with Gasteiger partial charge in [-0.3, -0.25) is 14.4 Å². The van der Waals surface area contributed by atoms with Crippen LogP contribution in [-0.2, 0) is 16.1 Å². The number of hydrogen-bond donors (Lipinski definition) is 1. The number of nitrogens with zero attached hydrogens (tertiary/aromatic N) is 2. The van der Waals surface area contributed by atoms with Gasteiger partial charge >= 0.3 is 0 Å². The Bertz CT molecular complexity index is 940. The minimum atomic E-state index is -0.315. The number of hydrogen-bond acceptors (Lipinski definition) is 3. The second-order valence-electron chi connectivity index (χ2n) is 8.24. The second kappa shape index (κ2) is 9.52. The number of likely N-dealkylation sites (tertiary alicyclic amines) is 2. The number of amides is 3. The zero-order chi connectivity index (χ0) is 21.8. The minimum Gasteiger partial charge on any atom is -0.353 e. The van der Waals surface area contributed by atoms with Crippen LogP contribution in [-0.4, -0.2) is 53.2 Å². The lowest BCUT2D eigenvalue weighted by molar-refractivity contribution is -0.129. The summed E-state index contributed by atoms with van der Waals surface area (Å²) in [7, 11) is 0. The molecule has 2 aromatic carbocycles. The van der Waals surface area contributed by atoms with E-state index in [4.69, 9.17) is 11.6 Å². The molecule has 2 fully saturated rings. The van der Waals surface area contributed by atoms with Crippen LogP contribution < -0.4 is 5.32 Å². The van der Waals surface area contributed by atoms with Gasteiger partial charge in [-0.2, -0.15) is 0 Å². The summed E-state index contributed by atoms with van der Waals surface area (Å²) in [6, 6.07) is 16.7. The zero-order valence-corrected chi connectivity index (χ0v) is 18.1. The molecule has 31 heavy (non-hydrogen) atoms. The Hall–Kier alpha value is -2.86. The minimum absolute atomic E-state index is 0.0145. The monoisotopic (exact) mass is 439 g/mol. The van der Waals surface area contributed by atoms with E-state index in [1.165, 1.54) is 0 Å². The van der Waals surface area contributed by atoms with E-state index in [1.807, 2.05) is 35.2 Å². The van der Waals surface area contributed by atoms with Crippen LogP contribution in [0.2, 0.25) is 5.02 Å². The lowest BCUT2D eigenvalue weighted by Gasteiger charge is -2.33. The van der Waals surface area contributed by atoms with Crippen molar-refractivity contribution in [1.82, 2.24) is 15.1 Å². The predicted octanol–water partition coefficient (Wildman–Crippen LogP) is 3.11. The van der Waals surface area contributed by atoms with Crippen LogP contribution >= 0.6 is 11.6 Å². The maximum atomic E-state index is 12.7. The van der Waals surface area contributed by atoms with Crippen molar-refractivity contribution in [3.8, 4) is 0 Å². The van der Waals surface area contributed by atoms with E-state index in [0.29, 0.717) is 49.6 Å². The van der Waals surface area contributed by atoms with E-state index < -0.39 is 0 Å². The van der Waals surface area contributed by atoms with E-state index in [2.05, 4.69) is 5.32 Å². The van der Waals surface area contributed by atoms with Gasteiger partial charge in [-0.15, -0.1) is 0 Å². The second-order valence-corrected chi connectivity index (χ2v) is 8.68. The highest BCUT2D eigenvalue weighted by Crippen LogP contribution is 2.22. The van der Waals surface area contributed by atoms with Crippen LogP contribution in [0.1, 0.15) is 35.2 Å². The molecule has 4 rings (SSSR count). The lowest BCUT2D eigenvalue weighted by Crippen LogP contribution is -2.48. The highest BCUT2D eigenvalue weighted by Gasteiger charge is 2.35. The molecule has 0 saturated carbocycles. The van der Waals surface area contributed by atoms with Crippen molar-refractivity contribution in [2.24, 2.45) is 5.92 Å². The molecule has 2 aromatic rings. The molecule has 2 saturated heterocycles. The summed E-state index contributed by atoms with van der Waals surface area (Å²) in [5.41, 5.74) is 1.68. The predicted molar refractivity (Wildman–Crippen MR) is 118 cm³/mol. The van der Waals surface area contributed by atoms with Gasteiger partial charge < -0.3 is 15.1 Å². The Labute approximate surface area is 187 Å². The molecule has 7 heteroatoms. The SMILES string of the molecule is O=C(NC1CCN(C(=O)c2ccc(Cl)cc2)CC1)C1CC(=O)N(Cc2ccccc2)C1. The van der Waals surface area contributed by atoms with Gasteiger partial charge in [0.05, 0.1) is 5.92 Å². The Morgan fingerprint density at radius 1 is 1.00 bits per heavy atom. The smallest absolute Gasteiger partial charge is 0.253 e. The molecule has 1 atom stereocenters. The first-order chi connectivity index (χ1) is 15.0. The Kier molecular flexibility index (Phi) is 6.56. The number of halogens is 1. The normalized spacial score (nSPS) is 19.5. The van der Waals surface area contributed by atoms with Crippen molar-refractivity contribution in [3.05, 3.63) is 70.7 Å². The first-order valence-corrected chi connectivity index (χ1v) is 11.0. The Balaban J connectivity index is 1.25. The highest BCUT2D eigenvalue weighted by atomic mass is 35.5. The van der Waals surface area contributed by atoms with Gasteiger partial charge in [0.2, 0.25) is 11.8 Å². The maximum absolute atomic E-state index is 12.7. The average Bonchev–Trinajstić information content (AvgIpc) is 3.15. The van der Waals surface area contributed by atoms with Crippen LogP contribution in [0.15, 0.2) is 54.6 Å². The molecule has 3 amide bonds. The molecule has 1 N–H and O–H groups in total. The number of rotatable bonds is 5. The summed E-state index contributed by atoms with van der Waals surface area (Å²) in [4.78, 5) is 41.3. The van der Waals surface area contributed by atoms with Crippen LogP contribution in [0.3, 0.4) is 0 Å². The molecule has 2 heterocycles. The summed E-state index contributed by atoms with van der Waals surface area (Å²) in [5.74, 6) is -0.372. The molecule has 1 unspecified atom stereocenters. The standard InChI is InChI=1S/C24H26ClN3O3/c25-20-8-6-18(7-9-20)24(31)27-12-10-21(11-13-27)26-23(30)19-14-22(29)28(16-19)15-17-4-2-1-3-5-17/h1-9,19,21H,10-16H2,(H,26,30). The van der Waals surface area contributed by atoms with Gasteiger partial charge in [-0.05, 0) is 42.7 Å². The molecule has 0 aliphatic carbocycles. The first-order valence-electron chi connectivity index (χ1n) is 10.7. The van der Waals surface area contributed by atoms with E-state index in [-0.39, 0.29) is 36.1 Å². The summed E-state index contributed by atoms with van der Waals surface area (Å²) < 4.78 is 0. The number of carbonyl (C=O) groups is 3. The van der Waals surface area contributed by atoms with E-state index >= 15 is 0 Å². The molecular weight excluding hydrogens is 414 g/mol. The summed E-state index contributed by atoms with van der Waals surface area (Å²) in [5, 5.41) is 3.70. The van der Waals surface area contributed by atoms with E-state index in [9.17, 15) is 14.4 Å². The fraction of sp³-hybridized carbons (Fsp3) is 0.375. The lowest BCUT2D eigenvalue weighted by atomic mass is 10.0. The molecule has 0 radical (unpaired) electrons. The molecular formula is C24H26ClN3O3. The van der Waals surface area contributed by atoms with Crippen LogP contribution in [0, 0.1) is 5.92 Å². The maximum Gasteiger partial charge on any atom is 0.253 e. The molecule has 0 spiro atoms. The molecule has 2 aliphatic heterocycles. The Morgan fingerprint density at radius 3 is 2.35 bits per heavy atom. The first kappa shape index (κ1) is 21.4. The number of benzene rings is 2. The molecule has 2 aliphatic rings. The van der Waals surface area contributed by atoms with Gasteiger partial charge in [0.1, 0.15) is 0 Å². The highest BCUT2D eigenvalue weighted by molar-refractivity contribution is 6.30. The third-order valence-electron chi connectivity index (χ3n) is 6.02. The summed E-state index contributed by atoms with van der Waals surface area (Å²) >= 11 is 5.89. The third kappa shape index (κ3) is 5.25. The van der Waals surface area contributed by atoms with E-state index in [1.54, 1.807) is 29.2 Å². The molecule has 162 valence electrons. The van der Waals surface area contributed by atoms with Crippen molar-refractivity contribution in [3.63, 3.8) is 0 Å². The quantitative estimate of drug-likeness (QED) is 0.778. The molecule has 0 aromatic heterocycles. The van der Waals surface area contributed by atoms with Gasteiger partial charge in [-0.25, -0.2) is 0 Å². The van der Waals surface area contributed by atoms with Crippen LogP contribution in [0.25, 0.3) is 0 Å². The van der Waals surface area contributed by atoms with Gasteiger partial charge in [0.15, 0.2) is 0 Å². The summed E-state index contributed by atoms with van der Waals surface area (Å²) in [6.07, 6.45) is 1.67. The fourth-order valence-corrected chi connectivity index (χ4v) is 4.35. The third-order valence-corrected chi connectivity index (χ3v) is 6.27. The molecule has 6 nitrogen and oxygen atoms in total. The zero-order valence-electron chi connectivity index (χ0n) is 17.3. The van der Waals surface area contributed by atoms with Crippen LogP contribution in [0.4, 0.5) is 0 Å². The summed E-state index contributed by atoms with van der Waals surface area (Å²) in [6.45, 7) is 2.17.